The van der Waals surface area contributed by atoms with E-state index in [0.29, 0.717) is 13.2 Å². The van der Waals surface area contributed by atoms with Crippen LogP contribution in [0.2, 0.25) is 0 Å². The molecule has 1 rings (SSSR count). The predicted octanol–water partition coefficient (Wildman–Crippen LogP) is 1.41. The highest BCUT2D eigenvalue weighted by molar-refractivity contribution is 4.93. The molecule has 0 aliphatic carbocycles. The van der Waals surface area contributed by atoms with Gasteiger partial charge in [0.1, 0.15) is 18.7 Å². The van der Waals surface area contributed by atoms with Gasteiger partial charge in [-0.1, -0.05) is 19.8 Å². The molecule has 0 aromatic heterocycles. The normalized spacial score (nSPS) is 37.9. The van der Waals surface area contributed by atoms with Crippen LogP contribution in [0.1, 0.15) is 26.2 Å². The number of ether oxygens (including phenoxy) is 1. The van der Waals surface area contributed by atoms with Gasteiger partial charge in [0, 0.05) is 0 Å². The standard InChI is InChI=1S/C10H18N2O2/c1-3-4-5-10-9(8-11)12(2,13)6-7-14-10/h9-10H,3-7H2,1-2H3. The molecular formula is C10H18N2O2. The number of unbranched alkanes of at least 4 members (excludes halogenated alkanes) is 1. The van der Waals surface area contributed by atoms with Crippen molar-refractivity contribution in [2.45, 2.75) is 38.3 Å². The van der Waals surface area contributed by atoms with E-state index in [9.17, 15) is 5.21 Å². The van der Waals surface area contributed by atoms with E-state index in [-0.39, 0.29) is 6.10 Å². The van der Waals surface area contributed by atoms with E-state index in [4.69, 9.17) is 10.00 Å². The predicted molar refractivity (Wildman–Crippen MR) is 53.1 cm³/mol. The van der Waals surface area contributed by atoms with Gasteiger partial charge < -0.3 is 14.6 Å². The van der Waals surface area contributed by atoms with Gasteiger partial charge in [0.15, 0.2) is 0 Å². The summed E-state index contributed by atoms with van der Waals surface area (Å²) in [5.41, 5.74) is 0. The maximum atomic E-state index is 11.9. The second kappa shape index (κ2) is 4.74. The van der Waals surface area contributed by atoms with Crippen molar-refractivity contribution >= 4 is 0 Å². The summed E-state index contributed by atoms with van der Waals surface area (Å²) >= 11 is 0. The highest BCUT2D eigenvalue weighted by atomic mass is 16.6. The molecule has 3 atom stereocenters. The quantitative estimate of drug-likeness (QED) is 0.509. The van der Waals surface area contributed by atoms with Crippen LogP contribution >= 0.6 is 0 Å². The first-order valence-electron chi connectivity index (χ1n) is 5.19. The number of hydrogen-bond acceptors (Lipinski definition) is 3. The third-order valence-electron chi connectivity index (χ3n) is 2.78. The molecule has 0 radical (unpaired) electrons. The summed E-state index contributed by atoms with van der Waals surface area (Å²) in [4.78, 5) is 0. The molecule has 1 heterocycles. The van der Waals surface area contributed by atoms with Crippen molar-refractivity contribution in [2.75, 3.05) is 20.2 Å². The Balaban J connectivity index is 2.61. The SMILES string of the molecule is CCCCC1OCC[N+](C)([O-])C1C#N. The van der Waals surface area contributed by atoms with E-state index in [1.165, 1.54) is 0 Å². The van der Waals surface area contributed by atoms with Crippen LogP contribution in [0.3, 0.4) is 0 Å². The van der Waals surface area contributed by atoms with Crippen LogP contribution in [-0.4, -0.2) is 37.0 Å². The Morgan fingerprint density at radius 3 is 2.93 bits per heavy atom. The Morgan fingerprint density at radius 1 is 1.64 bits per heavy atom. The number of quaternary nitrogens is 1. The minimum Gasteiger partial charge on any atom is -0.632 e. The van der Waals surface area contributed by atoms with Crippen LogP contribution in [0.4, 0.5) is 0 Å². The molecule has 4 heteroatoms. The molecule has 0 aromatic rings. The fourth-order valence-corrected chi connectivity index (χ4v) is 1.82. The van der Waals surface area contributed by atoms with Gasteiger partial charge in [-0.05, 0) is 6.42 Å². The number of hydrogen-bond donors (Lipinski definition) is 0. The van der Waals surface area contributed by atoms with Gasteiger partial charge in [0.2, 0.25) is 6.04 Å². The van der Waals surface area contributed by atoms with Crippen LogP contribution in [0.15, 0.2) is 0 Å². The van der Waals surface area contributed by atoms with E-state index in [0.717, 1.165) is 19.3 Å². The Bertz CT molecular complexity index is 223. The van der Waals surface area contributed by atoms with Gasteiger partial charge in [0.25, 0.3) is 0 Å². The lowest BCUT2D eigenvalue weighted by Gasteiger charge is -2.48. The van der Waals surface area contributed by atoms with Gasteiger partial charge in [-0.25, -0.2) is 0 Å². The van der Waals surface area contributed by atoms with Gasteiger partial charge in [-0.15, -0.1) is 0 Å². The van der Waals surface area contributed by atoms with E-state index < -0.39 is 10.7 Å². The van der Waals surface area contributed by atoms with Crippen molar-refractivity contribution in [2.24, 2.45) is 0 Å². The molecule has 80 valence electrons. The smallest absolute Gasteiger partial charge is 0.202 e. The molecule has 1 aliphatic rings. The van der Waals surface area contributed by atoms with Crippen molar-refractivity contribution in [1.29, 1.82) is 5.26 Å². The molecular weight excluding hydrogens is 180 g/mol. The molecule has 0 amide bonds. The van der Waals surface area contributed by atoms with E-state index in [1.807, 2.05) is 0 Å². The summed E-state index contributed by atoms with van der Waals surface area (Å²) < 4.78 is 5.01. The van der Waals surface area contributed by atoms with Crippen molar-refractivity contribution in [3.05, 3.63) is 5.21 Å². The summed E-state index contributed by atoms with van der Waals surface area (Å²) in [7, 11) is 1.56. The highest BCUT2D eigenvalue weighted by Crippen LogP contribution is 2.22. The molecule has 0 aromatic carbocycles. The minimum absolute atomic E-state index is 0.170. The average Bonchev–Trinajstić information content (AvgIpc) is 2.13. The maximum Gasteiger partial charge on any atom is 0.202 e. The van der Waals surface area contributed by atoms with E-state index >= 15 is 0 Å². The summed E-state index contributed by atoms with van der Waals surface area (Å²) in [5.74, 6) is 0. The van der Waals surface area contributed by atoms with Crippen LogP contribution in [0, 0.1) is 16.5 Å². The Kier molecular flexibility index (Phi) is 3.87. The Hall–Kier alpha value is -0.630. The topological polar surface area (TPSA) is 56.1 Å². The highest BCUT2D eigenvalue weighted by Gasteiger charge is 2.37. The van der Waals surface area contributed by atoms with Gasteiger partial charge in [-0.2, -0.15) is 5.26 Å². The van der Waals surface area contributed by atoms with Gasteiger partial charge >= 0.3 is 0 Å². The number of hydroxylamine groups is 3. The second-order valence-corrected chi connectivity index (χ2v) is 4.02. The molecule has 0 saturated carbocycles. The number of nitriles is 1. The number of rotatable bonds is 3. The zero-order chi connectivity index (χ0) is 10.6. The van der Waals surface area contributed by atoms with E-state index in [2.05, 4.69) is 13.0 Å². The molecule has 1 saturated heterocycles. The number of nitrogens with zero attached hydrogens (tertiary/aromatic N) is 2. The van der Waals surface area contributed by atoms with Crippen molar-refractivity contribution < 1.29 is 9.38 Å². The molecule has 0 bridgehead atoms. The lowest BCUT2D eigenvalue weighted by molar-refractivity contribution is -0.891. The average molecular weight is 198 g/mol. The Labute approximate surface area is 85.2 Å². The van der Waals surface area contributed by atoms with E-state index in [1.54, 1.807) is 7.05 Å². The van der Waals surface area contributed by atoms with Crippen molar-refractivity contribution in [3.63, 3.8) is 0 Å². The molecule has 4 nitrogen and oxygen atoms in total. The lowest BCUT2D eigenvalue weighted by atomic mass is 10.0. The first kappa shape index (κ1) is 11.4. The fraction of sp³-hybridized carbons (Fsp3) is 0.900. The zero-order valence-electron chi connectivity index (χ0n) is 8.90. The molecule has 0 N–H and O–H groups in total. The van der Waals surface area contributed by atoms with Crippen LogP contribution in [0.5, 0.6) is 0 Å². The van der Waals surface area contributed by atoms with Crippen LogP contribution < -0.4 is 0 Å². The largest absolute Gasteiger partial charge is 0.632 e. The lowest BCUT2D eigenvalue weighted by Crippen LogP contribution is -2.58. The molecule has 14 heavy (non-hydrogen) atoms. The molecule has 1 aliphatic heterocycles. The first-order chi connectivity index (χ1) is 6.61. The van der Waals surface area contributed by atoms with Crippen LogP contribution in [-0.2, 0) is 4.74 Å². The zero-order valence-corrected chi connectivity index (χ0v) is 8.90. The molecule has 0 spiro atoms. The van der Waals surface area contributed by atoms with Crippen molar-refractivity contribution in [3.8, 4) is 6.07 Å². The minimum atomic E-state index is -0.546. The van der Waals surface area contributed by atoms with Crippen molar-refractivity contribution in [1.82, 2.24) is 0 Å². The summed E-state index contributed by atoms with van der Waals surface area (Å²) in [6.45, 7) is 2.96. The Morgan fingerprint density at radius 2 is 2.36 bits per heavy atom. The number of likely N-dealkylation sites (N-methyl/N-ethyl adjacent to an activating group) is 1. The number of morpholine rings is 1. The maximum absolute atomic E-state index is 11.9. The summed E-state index contributed by atoms with van der Waals surface area (Å²) in [6.07, 6.45) is 2.74. The monoisotopic (exact) mass is 198 g/mol. The first-order valence-corrected chi connectivity index (χ1v) is 5.19. The summed E-state index contributed by atoms with van der Waals surface area (Å²) in [5, 5.41) is 20.8. The molecule has 1 fully saturated rings. The van der Waals surface area contributed by atoms with Gasteiger partial charge in [-0.3, -0.25) is 0 Å². The molecule has 3 unspecified atom stereocenters. The fourth-order valence-electron chi connectivity index (χ4n) is 1.82. The van der Waals surface area contributed by atoms with Crippen LogP contribution in [0.25, 0.3) is 0 Å². The van der Waals surface area contributed by atoms with Gasteiger partial charge in [0.05, 0.1) is 13.7 Å². The third kappa shape index (κ3) is 2.44. The third-order valence-corrected chi connectivity index (χ3v) is 2.78. The summed E-state index contributed by atoms with van der Waals surface area (Å²) in [6, 6.07) is 1.54. The second-order valence-electron chi connectivity index (χ2n) is 4.02.